The lowest BCUT2D eigenvalue weighted by atomic mass is 10.1. The summed E-state index contributed by atoms with van der Waals surface area (Å²) in [5.74, 6) is -0.213. The Morgan fingerprint density at radius 2 is 1.30 bits per heavy atom. The van der Waals surface area contributed by atoms with E-state index in [1.807, 2.05) is 84.9 Å². The third-order valence-electron chi connectivity index (χ3n) is 4.16. The summed E-state index contributed by atoms with van der Waals surface area (Å²) in [6.45, 7) is 0.772. The highest BCUT2D eigenvalue weighted by Gasteiger charge is 2.18. The standard InChI is InChI=1S/C23H22O4/c24-23(25)22(27-17-20-9-5-2-6-10-20)15-18-11-13-21(14-12-18)26-16-19-7-3-1-4-8-19/h1-14,22H,15-17H2,(H,24,25)/t22-/m0/s1. The number of hydrogen-bond donors (Lipinski definition) is 1. The maximum atomic E-state index is 11.5. The van der Waals surface area contributed by atoms with Gasteiger partial charge in [0.25, 0.3) is 0 Å². The first-order valence-corrected chi connectivity index (χ1v) is 8.85. The van der Waals surface area contributed by atoms with Crippen LogP contribution in [0.3, 0.4) is 0 Å². The van der Waals surface area contributed by atoms with Gasteiger partial charge >= 0.3 is 5.97 Å². The summed E-state index contributed by atoms with van der Waals surface area (Å²) < 4.78 is 11.4. The molecule has 3 rings (SSSR count). The molecule has 1 atom stereocenters. The molecular formula is C23H22O4. The van der Waals surface area contributed by atoms with Crippen molar-refractivity contribution in [1.29, 1.82) is 0 Å². The van der Waals surface area contributed by atoms with Crippen LogP contribution >= 0.6 is 0 Å². The van der Waals surface area contributed by atoms with E-state index in [0.29, 0.717) is 13.0 Å². The number of rotatable bonds is 9. The van der Waals surface area contributed by atoms with Crippen LogP contribution < -0.4 is 4.74 Å². The minimum Gasteiger partial charge on any atom is -0.489 e. The molecule has 3 aromatic rings. The zero-order chi connectivity index (χ0) is 18.9. The Bertz CT molecular complexity index is 829. The molecule has 1 N–H and O–H groups in total. The second kappa shape index (κ2) is 9.55. The monoisotopic (exact) mass is 362 g/mol. The summed E-state index contributed by atoms with van der Waals surface area (Å²) in [6.07, 6.45) is -0.581. The van der Waals surface area contributed by atoms with E-state index in [4.69, 9.17) is 9.47 Å². The van der Waals surface area contributed by atoms with E-state index in [-0.39, 0.29) is 6.61 Å². The number of ether oxygens (including phenoxy) is 2. The fraction of sp³-hybridized carbons (Fsp3) is 0.174. The van der Waals surface area contributed by atoms with Gasteiger partial charge in [0.1, 0.15) is 12.4 Å². The van der Waals surface area contributed by atoms with E-state index in [1.54, 1.807) is 0 Å². The summed E-state index contributed by atoms with van der Waals surface area (Å²) in [5, 5.41) is 9.43. The predicted octanol–water partition coefficient (Wildman–Crippen LogP) is 4.48. The lowest BCUT2D eigenvalue weighted by Crippen LogP contribution is -2.26. The second-order valence-electron chi connectivity index (χ2n) is 6.25. The molecule has 0 bridgehead atoms. The molecule has 0 radical (unpaired) electrons. The quantitative estimate of drug-likeness (QED) is 0.610. The number of benzene rings is 3. The Kier molecular flexibility index (Phi) is 6.61. The number of carboxylic acids is 1. The van der Waals surface area contributed by atoms with E-state index in [9.17, 15) is 9.90 Å². The Morgan fingerprint density at radius 1 is 0.741 bits per heavy atom. The number of carboxylic acid groups (broad SMARTS) is 1. The van der Waals surface area contributed by atoms with Crippen LogP contribution in [0.25, 0.3) is 0 Å². The SMILES string of the molecule is O=C(O)[C@H](Cc1ccc(OCc2ccccc2)cc1)OCc1ccccc1. The van der Waals surface area contributed by atoms with Crippen LogP contribution in [0.4, 0.5) is 0 Å². The van der Waals surface area contributed by atoms with Gasteiger partial charge in [-0.15, -0.1) is 0 Å². The first kappa shape index (κ1) is 18.7. The summed E-state index contributed by atoms with van der Waals surface area (Å²) in [7, 11) is 0. The minimum atomic E-state index is -0.963. The average molecular weight is 362 g/mol. The Hall–Kier alpha value is -3.11. The van der Waals surface area contributed by atoms with Gasteiger partial charge in [-0.3, -0.25) is 0 Å². The maximum Gasteiger partial charge on any atom is 0.333 e. The van der Waals surface area contributed by atoms with Crippen LogP contribution in [0.15, 0.2) is 84.9 Å². The van der Waals surface area contributed by atoms with Crippen molar-refractivity contribution in [2.24, 2.45) is 0 Å². The average Bonchev–Trinajstić information content (AvgIpc) is 2.72. The van der Waals surface area contributed by atoms with Crippen molar-refractivity contribution in [2.45, 2.75) is 25.7 Å². The lowest BCUT2D eigenvalue weighted by molar-refractivity contribution is -0.151. The Morgan fingerprint density at radius 3 is 1.85 bits per heavy atom. The van der Waals surface area contributed by atoms with Crippen molar-refractivity contribution in [3.8, 4) is 5.75 Å². The molecule has 0 aliphatic carbocycles. The Labute approximate surface area is 159 Å². The molecule has 0 aliphatic heterocycles. The molecule has 27 heavy (non-hydrogen) atoms. The number of aliphatic carboxylic acids is 1. The van der Waals surface area contributed by atoms with Gasteiger partial charge in [0.2, 0.25) is 0 Å². The summed E-state index contributed by atoms with van der Waals surface area (Å²) in [6, 6.07) is 27.0. The van der Waals surface area contributed by atoms with Crippen molar-refractivity contribution in [3.63, 3.8) is 0 Å². The topological polar surface area (TPSA) is 55.8 Å². The van der Waals surface area contributed by atoms with Crippen LogP contribution in [0.1, 0.15) is 16.7 Å². The van der Waals surface area contributed by atoms with Crippen molar-refractivity contribution >= 4 is 5.97 Å². The van der Waals surface area contributed by atoms with Gasteiger partial charge in [0, 0.05) is 6.42 Å². The largest absolute Gasteiger partial charge is 0.489 e. The molecule has 0 saturated carbocycles. The molecule has 0 saturated heterocycles. The molecule has 3 aromatic carbocycles. The Balaban J connectivity index is 1.54. The highest BCUT2D eigenvalue weighted by molar-refractivity contribution is 5.72. The van der Waals surface area contributed by atoms with Gasteiger partial charge in [0.05, 0.1) is 6.61 Å². The van der Waals surface area contributed by atoms with Crippen LogP contribution in [-0.2, 0) is 29.2 Å². The van der Waals surface area contributed by atoms with E-state index in [2.05, 4.69) is 0 Å². The second-order valence-corrected chi connectivity index (χ2v) is 6.25. The van der Waals surface area contributed by atoms with E-state index in [1.165, 1.54) is 0 Å². The first-order valence-electron chi connectivity index (χ1n) is 8.85. The minimum absolute atomic E-state index is 0.274. The van der Waals surface area contributed by atoms with Crippen molar-refractivity contribution in [3.05, 3.63) is 102 Å². The molecule has 0 aliphatic rings. The van der Waals surface area contributed by atoms with E-state index >= 15 is 0 Å². The molecule has 0 aromatic heterocycles. The molecule has 0 amide bonds. The van der Waals surface area contributed by atoms with Crippen LogP contribution in [0, 0.1) is 0 Å². The van der Waals surface area contributed by atoms with Crippen molar-refractivity contribution in [1.82, 2.24) is 0 Å². The summed E-state index contributed by atoms with van der Waals surface area (Å²) in [4.78, 5) is 11.5. The highest BCUT2D eigenvalue weighted by Crippen LogP contribution is 2.16. The van der Waals surface area contributed by atoms with Gasteiger partial charge in [-0.1, -0.05) is 72.8 Å². The fourth-order valence-electron chi connectivity index (χ4n) is 2.67. The van der Waals surface area contributed by atoms with Crippen LogP contribution in [-0.4, -0.2) is 17.2 Å². The molecular weight excluding hydrogens is 340 g/mol. The maximum absolute atomic E-state index is 11.5. The van der Waals surface area contributed by atoms with Crippen LogP contribution in [0.5, 0.6) is 5.75 Å². The zero-order valence-electron chi connectivity index (χ0n) is 15.0. The third-order valence-corrected chi connectivity index (χ3v) is 4.16. The molecule has 138 valence electrons. The molecule has 0 heterocycles. The first-order chi connectivity index (χ1) is 13.2. The van der Waals surface area contributed by atoms with E-state index in [0.717, 1.165) is 22.4 Å². The predicted molar refractivity (Wildman–Crippen MR) is 104 cm³/mol. The van der Waals surface area contributed by atoms with Crippen molar-refractivity contribution in [2.75, 3.05) is 0 Å². The zero-order valence-corrected chi connectivity index (χ0v) is 15.0. The highest BCUT2D eigenvalue weighted by atomic mass is 16.5. The normalized spacial score (nSPS) is 11.7. The van der Waals surface area contributed by atoms with Gasteiger partial charge in [-0.2, -0.15) is 0 Å². The van der Waals surface area contributed by atoms with E-state index < -0.39 is 12.1 Å². The smallest absolute Gasteiger partial charge is 0.333 e. The van der Waals surface area contributed by atoms with Crippen LogP contribution in [0.2, 0.25) is 0 Å². The molecule has 0 fully saturated rings. The fourth-order valence-corrected chi connectivity index (χ4v) is 2.67. The third kappa shape index (κ3) is 5.97. The van der Waals surface area contributed by atoms with Crippen molar-refractivity contribution < 1.29 is 19.4 Å². The molecule has 0 unspecified atom stereocenters. The summed E-state index contributed by atoms with van der Waals surface area (Å²) in [5.41, 5.74) is 2.94. The lowest BCUT2D eigenvalue weighted by Gasteiger charge is -2.14. The van der Waals surface area contributed by atoms with Gasteiger partial charge in [-0.05, 0) is 28.8 Å². The van der Waals surface area contributed by atoms with Gasteiger partial charge in [-0.25, -0.2) is 4.79 Å². The molecule has 0 spiro atoms. The van der Waals surface area contributed by atoms with Gasteiger partial charge in [0.15, 0.2) is 6.10 Å². The van der Waals surface area contributed by atoms with Gasteiger partial charge < -0.3 is 14.6 Å². The molecule has 4 nitrogen and oxygen atoms in total. The molecule has 4 heteroatoms. The number of hydrogen-bond acceptors (Lipinski definition) is 3. The summed E-state index contributed by atoms with van der Waals surface area (Å²) >= 11 is 0. The number of carbonyl (C=O) groups is 1.